The Morgan fingerprint density at radius 1 is 1.36 bits per heavy atom. The molecule has 1 aromatic heterocycles. The Hall–Kier alpha value is -2.25. The van der Waals surface area contributed by atoms with E-state index < -0.39 is 18.0 Å². The van der Waals surface area contributed by atoms with Gasteiger partial charge in [0.25, 0.3) is 0 Å². The van der Waals surface area contributed by atoms with Gasteiger partial charge in [-0.3, -0.25) is 4.79 Å². The first-order valence-electron chi connectivity index (χ1n) is 8.14. The van der Waals surface area contributed by atoms with E-state index >= 15 is 0 Å². The Morgan fingerprint density at radius 2 is 2.08 bits per heavy atom. The van der Waals surface area contributed by atoms with Crippen LogP contribution in [0, 0.1) is 11.8 Å². The third-order valence-corrected chi connectivity index (χ3v) is 6.43. The smallest absolute Gasteiger partial charge is 0.353 e. The van der Waals surface area contributed by atoms with Crippen molar-refractivity contribution in [2.75, 3.05) is 0 Å². The van der Waals surface area contributed by atoms with Crippen LogP contribution in [0.2, 0.25) is 0 Å². The predicted molar refractivity (Wildman–Crippen MR) is 93.8 cm³/mol. The van der Waals surface area contributed by atoms with Gasteiger partial charge >= 0.3 is 5.97 Å². The van der Waals surface area contributed by atoms with Gasteiger partial charge in [0.15, 0.2) is 0 Å². The summed E-state index contributed by atoms with van der Waals surface area (Å²) in [5.74, 6) is -2.08. The zero-order valence-electron chi connectivity index (χ0n) is 13.8. The normalized spacial score (nSPS) is 26.8. The van der Waals surface area contributed by atoms with Gasteiger partial charge in [0.2, 0.25) is 5.91 Å². The summed E-state index contributed by atoms with van der Waals surface area (Å²) < 4.78 is 0. The van der Waals surface area contributed by atoms with E-state index in [9.17, 15) is 19.8 Å². The minimum Gasteiger partial charge on any atom is -0.477 e. The molecule has 1 amide bonds. The Morgan fingerprint density at radius 3 is 2.76 bits per heavy atom. The second kappa shape index (κ2) is 5.64. The molecule has 2 aromatic rings. The Labute approximate surface area is 148 Å². The zero-order chi connectivity index (χ0) is 17.9. The summed E-state index contributed by atoms with van der Waals surface area (Å²) >= 11 is 1.39. The number of thioether (sulfide) groups is 1. The Balaban J connectivity index is 1.75. The maximum Gasteiger partial charge on any atom is 0.353 e. The number of aromatic nitrogens is 1. The molecule has 25 heavy (non-hydrogen) atoms. The van der Waals surface area contributed by atoms with E-state index in [1.54, 1.807) is 6.92 Å². The zero-order valence-corrected chi connectivity index (χ0v) is 14.6. The van der Waals surface area contributed by atoms with Gasteiger partial charge in [-0.05, 0) is 13.0 Å². The molecule has 0 bridgehead atoms. The molecule has 4 atom stereocenters. The van der Waals surface area contributed by atoms with Crippen molar-refractivity contribution in [3.05, 3.63) is 41.1 Å². The van der Waals surface area contributed by atoms with Gasteiger partial charge in [-0.25, -0.2) is 4.79 Å². The van der Waals surface area contributed by atoms with Gasteiger partial charge in [0.1, 0.15) is 5.70 Å². The highest BCUT2D eigenvalue weighted by Gasteiger charge is 2.60. The molecule has 0 unspecified atom stereocenters. The van der Waals surface area contributed by atoms with Gasteiger partial charge < -0.3 is 20.1 Å². The van der Waals surface area contributed by atoms with Crippen LogP contribution in [0.1, 0.15) is 13.8 Å². The number of hydrogen-bond donors (Lipinski definition) is 3. The first kappa shape index (κ1) is 16.2. The van der Waals surface area contributed by atoms with Crippen molar-refractivity contribution in [2.24, 2.45) is 11.8 Å². The lowest BCUT2D eigenvalue weighted by Gasteiger charge is -2.46. The molecule has 1 saturated heterocycles. The largest absolute Gasteiger partial charge is 0.477 e. The SMILES string of the molecule is C[C@H](O)[C@H]1C(=O)N2C(C(=O)O)=C(Sc3c[nH]c4ccccc34)[C@H](C)[C@H]12. The van der Waals surface area contributed by atoms with Crippen molar-refractivity contribution in [1.29, 1.82) is 0 Å². The topological polar surface area (TPSA) is 93.6 Å². The highest BCUT2D eigenvalue weighted by molar-refractivity contribution is 8.03. The lowest BCUT2D eigenvalue weighted by Crippen LogP contribution is -2.63. The van der Waals surface area contributed by atoms with E-state index in [2.05, 4.69) is 4.98 Å². The fourth-order valence-corrected chi connectivity index (χ4v) is 5.16. The minimum absolute atomic E-state index is 0.0506. The third-order valence-electron chi connectivity index (χ3n) is 5.08. The number of benzene rings is 1. The molecule has 0 spiro atoms. The molecular formula is C18H18N2O4S. The number of nitrogens with one attached hydrogen (secondary N) is 1. The highest BCUT2D eigenvalue weighted by Crippen LogP contribution is 2.52. The fraction of sp³-hybridized carbons (Fsp3) is 0.333. The van der Waals surface area contributed by atoms with Gasteiger partial charge in [0, 0.05) is 32.8 Å². The summed E-state index contributed by atoms with van der Waals surface area (Å²) in [6.07, 6.45) is 1.07. The van der Waals surface area contributed by atoms with Gasteiger partial charge in [-0.2, -0.15) is 0 Å². The average molecular weight is 358 g/mol. The number of amides is 1. The van der Waals surface area contributed by atoms with Crippen molar-refractivity contribution < 1.29 is 19.8 Å². The second-order valence-electron chi connectivity index (χ2n) is 6.57. The third kappa shape index (κ3) is 2.22. The van der Waals surface area contributed by atoms with Crippen molar-refractivity contribution in [3.8, 4) is 0 Å². The van der Waals surface area contributed by atoms with E-state index in [1.807, 2.05) is 37.4 Å². The summed E-state index contributed by atoms with van der Waals surface area (Å²) in [7, 11) is 0. The van der Waals surface area contributed by atoms with Crippen molar-refractivity contribution >= 4 is 34.5 Å². The van der Waals surface area contributed by atoms with Crippen molar-refractivity contribution in [2.45, 2.75) is 30.9 Å². The Bertz CT molecular complexity index is 917. The lowest BCUT2D eigenvalue weighted by atomic mass is 9.79. The maximum absolute atomic E-state index is 12.4. The molecule has 4 rings (SSSR count). The first-order chi connectivity index (χ1) is 11.9. The van der Waals surface area contributed by atoms with Crippen LogP contribution >= 0.6 is 11.8 Å². The van der Waals surface area contributed by atoms with E-state index in [0.29, 0.717) is 4.91 Å². The second-order valence-corrected chi connectivity index (χ2v) is 7.66. The summed E-state index contributed by atoms with van der Waals surface area (Å²) in [6.45, 7) is 3.50. The number of aliphatic hydroxyl groups is 1. The number of carboxylic acids is 1. The fourth-order valence-electron chi connectivity index (χ4n) is 3.90. The number of aromatic amines is 1. The molecule has 7 heteroatoms. The van der Waals surface area contributed by atoms with Crippen molar-refractivity contribution in [3.63, 3.8) is 0 Å². The van der Waals surface area contributed by atoms with Gasteiger partial charge in [0.05, 0.1) is 18.1 Å². The highest BCUT2D eigenvalue weighted by atomic mass is 32.2. The van der Waals surface area contributed by atoms with Crippen LogP contribution in [-0.4, -0.2) is 44.1 Å². The summed E-state index contributed by atoms with van der Waals surface area (Å²) in [5, 5.41) is 20.6. The quantitative estimate of drug-likeness (QED) is 0.730. The molecular weight excluding hydrogens is 340 g/mol. The van der Waals surface area contributed by atoms with E-state index in [-0.39, 0.29) is 23.6 Å². The maximum atomic E-state index is 12.4. The standard InChI is InChI=1S/C18H18N2O4S/c1-8-14-13(9(2)21)17(22)20(14)15(18(23)24)16(8)25-12-7-19-11-6-4-3-5-10(11)12/h3-9,13-14,19,21H,1-2H3,(H,23,24)/t8-,9+,13-,14-/m1/s1. The monoisotopic (exact) mass is 358 g/mol. The first-order valence-corrected chi connectivity index (χ1v) is 8.96. The van der Waals surface area contributed by atoms with Crippen LogP contribution in [0.25, 0.3) is 10.9 Å². The van der Waals surface area contributed by atoms with Crippen LogP contribution in [-0.2, 0) is 9.59 Å². The molecule has 0 radical (unpaired) electrons. The van der Waals surface area contributed by atoms with Crippen LogP contribution < -0.4 is 0 Å². The predicted octanol–water partition coefficient (Wildman–Crippen LogP) is 2.41. The number of para-hydroxylation sites is 1. The molecule has 1 aromatic carbocycles. The van der Waals surface area contributed by atoms with Gasteiger partial charge in [-0.15, -0.1) is 0 Å². The molecule has 130 valence electrons. The number of carboxylic acid groups (broad SMARTS) is 1. The number of aliphatic carboxylic acids is 1. The number of nitrogens with zero attached hydrogens (tertiary/aromatic N) is 1. The molecule has 6 nitrogen and oxygen atoms in total. The molecule has 3 heterocycles. The lowest BCUT2D eigenvalue weighted by molar-refractivity contribution is -0.163. The number of fused-ring (bicyclic) bond motifs is 2. The van der Waals surface area contributed by atoms with Crippen LogP contribution in [0.4, 0.5) is 0 Å². The molecule has 0 saturated carbocycles. The number of H-pyrrole nitrogens is 1. The number of rotatable bonds is 4. The molecule has 3 N–H and O–H groups in total. The molecule has 0 aliphatic carbocycles. The van der Waals surface area contributed by atoms with Crippen LogP contribution in [0.15, 0.2) is 46.0 Å². The number of carbonyl (C=O) groups is 2. The van der Waals surface area contributed by atoms with Crippen molar-refractivity contribution in [1.82, 2.24) is 9.88 Å². The average Bonchev–Trinajstić information content (AvgIpc) is 3.06. The summed E-state index contributed by atoms with van der Waals surface area (Å²) in [4.78, 5) is 30.3. The van der Waals surface area contributed by atoms with Crippen LogP contribution in [0.5, 0.6) is 0 Å². The number of aliphatic hydroxyl groups excluding tert-OH is 1. The summed E-state index contributed by atoms with van der Waals surface area (Å²) in [5.41, 5.74) is 1.03. The molecule has 1 fully saturated rings. The van der Waals surface area contributed by atoms with E-state index in [0.717, 1.165) is 15.8 Å². The Kier molecular flexibility index (Phi) is 3.66. The number of carbonyl (C=O) groups excluding carboxylic acids is 1. The van der Waals surface area contributed by atoms with E-state index in [1.165, 1.54) is 16.7 Å². The molecule has 2 aliphatic rings. The number of hydrogen-bond acceptors (Lipinski definition) is 4. The van der Waals surface area contributed by atoms with Crippen LogP contribution in [0.3, 0.4) is 0 Å². The van der Waals surface area contributed by atoms with E-state index in [4.69, 9.17) is 0 Å². The van der Waals surface area contributed by atoms with Gasteiger partial charge in [-0.1, -0.05) is 36.9 Å². The number of β-lactam (4-membered cyclic amide) rings is 1. The molecule has 2 aliphatic heterocycles. The summed E-state index contributed by atoms with van der Waals surface area (Å²) in [6, 6.07) is 7.53. The minimum atomic E-state index is -1.10.